The van der Waals surface area contributed by atoms with Crippen molar-refractivity contribution in [1.82, 2.24) is 14.9 Å². The number of benzene rings is 1. The summed E-state index contributed by atoms with van der Waals surface area (Å²) >= 11 is 6.10. The second-order valence-corrected chi connectivity index (χ2v) is 5.81. The van der Waals surface area contributed by atoms with Crippen LogP contribution in [0.2, 0.25) is 5.02 Å². The molecule has 3 rings (SSSR count). The minimum Gasteiger partial charge on any atom is -0.484 e. The van der Waals surface area contributed by atoms with Crippen molar-refractivity contribution in [1.29, 1.82) is 0 Å². The molecule has 0 bridgehead atoms. The van der Waals surface area contributed by atoms with Crippen LogP contribution < -0.4 is 10.1 Å². The van der Waals surface area contributed by atoms with Gasteiger partial charge in [0.2, 0.25) is 0 Å². The Morgan fingerprint density at radius 3 is 3.10 bits per heavy atom. The highest BCUT2D eigenvalue weighted by Crippen LogP contribution is 2.41. The standard InChI is InChI=1S/C16H20ClN3O/c1-3-6-20-10-19-9-14(20)16-8-13(18-2)12-7-11(17)4-5-15(12)21-16/h4-5,7,9-10,13,16,18H,3,6,8H2,1-2H3. The first-order chi connectivity index (χ1) is 10.2. The second-order valence-electron chi connectivity index (χ2n) is 5.38. The summed E-state index contributed by atoms with van der Waals surface area (Å²) in [6.45, 7) is 3.13. The van der Waals surface area contributed by atoms with Crippen molar-refractivity contribution in [3.05, 3.63) is 47.0 Å². The zero-order valence-electron chi connectivity index (χ0n) is 12.3. The molecule has 2 atom stereocenters. The molecule has 0 radical (unpaired) electrons. The van der Waals surface area contributed by atoms with Crippen LogP contribution in [0.15, 0.2) is 30.7 Å². The fraction of sp³-hybridized carbons (Fsp3) is 0.438. The predicted molar refractivity (Wildman–Crippen MR) is 83.8 cm³/mol. The molecule has 2 unspecified atom stereocenters. The highest BCUT2D eigenvalue weighted by atomic mass is 35.5. The summed E-state index contributed by atoms with van der Waals surface area (Å²) < 4.78 is 8.37. The number of aromatic nitrogens is 2. The third-order valence-electron chi connectivity index (χ3n) is 3.95. The van der Waals surface area contributed by atoms with Gasteiger partial charge in [-0.3, -0.25) is 0 Å². The first-order valence-electron chi connectivity index (χ1n) is 7.36. The van der Waals surface area contributed by atoms with Crippen LogP contribution in [0.1, 0.15) is 43.2 Å². The van der Waals surface area contributed by atoms with E-state index in [1.807, 2.05) is 37.8 Å². The van der Waals surface area contributed by atoms with Gasteiger partial charge in [0.1, 0.15) is 11.9 Å². The molecule has 0 amide bonds. The topological polar surface area (TPSA) is 39.1 Å². The van der Waals surface area contributed by atoms with Crippen molar-refractivity contribution in [3.63, 3.8) is 0 Å². The van der Waals surface area contributed by atoms with E-state index in [-0.39, 0.29) is 12.1 Å². The van der Waals surface area contributed by atoms with Crippen LogP contribution in [0.25, 0.3) is 0 Å². The van der Waals surface area contributed by atoms with E-state index in [2.05, 4.69) is 21.8 Å². The minimum atomic E-state index is 0.0187. The van der Waals surface area contributed by atoms with Gasteiger partial charge in [0.15, 0.2) is 0 Å². The maximum atomic E-state index is 6.19. The zero-order valence-corrected chi connectivity index (χ0v) is 13.1. The summed E-state index contributed by atoms with van der Waals surface area (Å²) in [5.74, 6) is 0.902. The monoisotopic (exact) mass is 305 g/mol. The van der Waals surface area contributed by atoms with Crippen molar-refractivity contribution in [2.75, 3.05) is 7.05 Å². The van der Waals surface area contributed by atoms with Crippen LogP contribution in [-0.2, 0) is 6.54 Å². The number of fused-ring (bicyclic) bond motifs is 1. The van der Waals surface area contributed by atoms with Crippen LogP contribution in [-0.4, -0.2) is 16.6 Å². The van der Waals surface area contributed by atoms with E-state index in [9.17, 15) is 0 Å². The number of halogens is 1. The van der Waals surface area contributed by atoms with Gasteiger partial charge < -0.3 is 14.6 Å². The fourth-order valence-electron chi connectivity index (χ4n) is 2.92. The van der Waals surface area contributed by atoms with Crippen molar-refractivity contribution in [3.8, 4) is 5.75 Å². The quantitative estimate of drug-likeness (QED) is 0.935. The molecule has 5 heteroatoms. The van der Waals surface area contributed by atoms with Crippen LogP contribution in [0.5, 0.6) is 5.75 Å². The summed E-state index contributed by atoms with van der Waals surface area (Å²) in [6, 6.07) is 6.05. The third kappa shape index (κ3) is 2.78. The van der Waals surface area contributed by atoms with Gasteiger partial charge >= 0.3 is 0 Å². The van der Waals surface area contributed by atoms with E-state index in [0.717, 1.165) is 41.4 Å². The van der Waals surface area contributed by atoms with Gasteiger partial charge in [-0.15, -0.1) is 0 Å². The molecule has 2 heterocycles. The Labute approximate surface area is 130 Å². The number of nitrogens with one attached hydrogen (secondary N) is 1. The fourth-order valence-corrected chi connectivity index (χ4v) is 3.10. The number of hydrogen-bond acceptors (Lipinski definition) is 3. The smallest absolute Gasteiger partial charge is 0.142 e. The Balaban J connectivity index is 1.93. The maximum Gasteiger partial charge on any atom is 0.142 e. The largest absolute Gasteiger partial charge is 0.484 e. The Kier molecular flexibility index (Phi) is 4.17. The summed E-state index contributed by atoms with van der Waals surface area (Å²) in [7, 11) is 1.97. The Morgan fingerprint density at radius 2 is 2.33 bits per heavy atom. The molecule has 1 aliphatic heterocycles. The van der Waals surface area contributed by atoms with Gasteiger partial charge in [-0.2, -0.15) is 0 Å². The van der Waals surface area contributed by atoms with Crippen molar-refractivity contribution >= 4 is 11.6 Å². The summed E-state index contributed by atoms with van der Waals surface area (Å²) in [6.07, 6.45) is 5.77. The molecule has 112 valence electrons. The first-order valence-corrected chi connectivity index (χ1v) is 7.74. The van der Waals surface area contributed by atoms with E-state index in [1.54, 1.807) is 0 Å². The Morgan fingerprint density at radius 1 is 1.48 bits per heavy atom. The predicted octanol–water partition coefficient (Wildman–Crippen LogP) is 3.73. The van der Waals surface area contributed by atoms with E-state index in [4.69, 9.17) is 16.3 Å². The number of ether oxygens (including phenoxy) is 1. The number of rotatable bonds is 4. The Hall–Kier alpha value is -1.52. The molecule has 0 fully saturated rings. The molecule has 1 aromatic carbocycles. The summed E-state index contributed by atoms with van der Waals surface area (Å²) in [5, 5.41) is 4.11. The molecule has 0 aliphatic carbocycles. The lowest BCUT2D eigenvalue weighted by atomic mass is 9.95. The zero-order chi connectivity index (χ0) is 14.8. The molecular formula is C16H20ClN3O. The van der Waals surface area contributed by atoms with E-state index in [0.29, 0.717) is 0 Å². The number of hydrogen-bond donors (Lipinski definition) is 1. The molecule has 1 aliphatic rings. The van der Waals surface area contributed by atoms with Gasteiger partial charge in [0.25, 0.3) is 0 Å². The highest BCUT2D eigenvalue weighted by Gasteiger charge is 2.30. The molecule has 0 spiro atoms. The average Bonchev–Trinajstić information content (AvgIpc) is 2.95. The van der Waals surface area contributed by atoms with Gasteiger partial charge in [-0.25, -0.2) is 4.98 Å². The number of imidazole rings is 1. The third-order valence-corrected chi connectivity index (χ3v) is 4.19. The van der Waals surface area contributed by atoms with E-state index in [1.165, 1.54) is 0 Å². The lowest BCUT2D eigenvalue weighted by molar-refractivity contribution is 0.145. The first kappa shape index (κ1) is 14.4. The lowest BCUT2D eigenvalue weighted by Crippen LogP contribution is -2.27. The summed E-state index contributed by atoms with van der Waals surface area (Å²) in [4.78, 5) is 4.28. The minimum absolute atomic E-state index is 0.0187. The van der Waals surface area contributed by atoms with E-state index < -0.39 is 0 Å². The van der Waals surface area contributed by atoms with Crippen molar-refractivity contribution in [2.45, 2.75) is 38.5 Å². The molecule has 1 N–H and O–H groups in total. The van der Waals surface area contributed by atoms with Gasteiger partial charge in [-0.05, 0) is 31.7 Å². The van der Waals surface area contributed by atoms with Crippen molar-refractivity contribution < 1.29 is 4.74 Å². The molecular weight excluding hydrogens is 286 g/mol. The van der Waals surface area contributed by atoms with Gasteiger partial charge in [0.05, 0.1) is 18.2 Å². The second kappa shape index (κ2) is 6.08. The normalized spacial score (nSPS) is 20.9. The van der Waals surface area contributed by atoms with Gasteiger partial charge in [0, 0.05) is 29.6 Å². The Bertz CT molecular complexity index is 626. The SMILES string of the molecule is CCCn1cncc1C1CC(NC)c2cc(Cl)ccc2O1. The van der Waals surface area contributed by atoms with E-state index >= 15 is 0 Å². The van der Waals surface area contributed by atoms with Crippen LogP contribution in [0, 0.1) is 0 Å². The molecule has 1 aromatic heterocycles. The average molecular weight is 306 g/mol. The number of aryl methyl sites for hydroxylation is 1. The molecule has 0 saturated carbocycles. The van der Waals surface area contributed by atoms with Crippen LogP contribution in [0.3, 0.4) is 0 Å². The highest BCUT2D eigenvalue weighted by molar-refractivity contribution is 6.30. The van der Waals surface area contributed by atoms with Crippen molar-refractivity contribution in [2.24, 2.45) is 0 Å². The van der Waals surface area contributed by atoms with Gasteiger partial charge in [-0.1, -0.05) is 18.5 Å². The molecule has 0 saturated heterocycles. The number of nitrogens with zero attached hydrogens (tertiary/aromatic N) is 2. The molecule has 2 aromatic rings. The van der Waals surface area contributed by atoms with Crippen LogP contribution in [0.4, 0.5) is 0 Å². The maximum absolute atomic E-state index is 6.19. The summed E-state index contributed by atoms with van der Waals surface area (Å²) in [5.41, 5.74) is 2.26. The van der Waals surface area contributed by atoms with Crippen LogP contribution >= 0.6 is 11.6 Å². The molecule has 21 heavy (non-hydrogen) atoms. The molecule has 4 nitrogen and oxygen atoms in total. The lowest BCUT2D eigenvalue weighted by Gasteiger charge is -2.32.